The van der Waals surface area contributed by atoms with Crippen LogP contribution in [-0.4, -0.2) is 34.1 Å². The normalized spacial score (nSPS) is 16.5. The van der Waals surface area contributed by atoms with Gasteiger partial charge in [-0.25, -0.2) is 4.98 Å². The van der Waals surface area contributed by atoms with Crippen molar-refractivity contribution in [2.75, 3.05) is 19.7 Å². The molecule has 3 aromatic rings. The molecule has 0 spiro atoms. The summed E-state index contributed by atoms with van der Waals surface area (Å²) in [5.74, 6) is 2.63. The highest BCUT2D eigenvalue weighted by molar-refractivity contribution is 5.76. The third-order valence-electron chi connectivity index (χ3n) is 6.61. The van der Waals surface area contributed by atoms with Crippen LogP contribution in [0.1, 0.15) is 75.4 Å². The minimum absolute atomic E-state index is 0.315. The molecule has 166 valence electrons. The minimum Gasteiger partial charge on any atom is -0.491 e. The zero-order valence-electron chi connectivity index (χ0n) is 19.6. The van der Waals surface area contributed by atoms with E-state index in [0.29, 0.717) is 18.6 Å². The number of hydrogen-bond acceptors (Lipinski definition) is 3. The second-order valence-corrected chi connectivity index (χ2v) is 9.28. The molecule has 1 fully saturated rings. The predicted molar refractivity (Wildman–Crippen MR) is 129 cm³/mol. The molecule has 0 bridgehead atoms. The zero-order valence-corrected chi connectivity index (χ0v) is 19.6. The number of hydrogen-bond donors (Lipinski definition) is 0. The van der Waals surface area contributed by atoms with Crippen LogP contribution < -0.4 is 4.74 Å². The number of nitrogens with zero attached hydrogens (tertiary/aromatic N) is 3. The van der Waals surface area contributed by atoms with Crippen molar-refractivity contribution in [3.05, 3.63) is 59.4 Å². The van der Waals surface area contributed by atoms with Crippen molar-refractivity contribution >= 4 is 11.0 Å². The third-order valence-corrected chi connectivity index (χ3v) is 6.61. The molecule has 0 aliphatic carbocycles. The van der Waals surface area contributed by atoms with E-state index in [4.69, 9.17) is 9.72 Å². The minimum atomic E-state index is 0.315. The first-order valence-electron chi connectivity index (χ1n) is 12.0. The maximum Gasteiger partial charge on any atom is 0.127 e. The van der Waals surface area contributed by atoms with E-state index in [-0.39, 0.29) is 0 Å². The smallest absolute Gasteiger partial charge is 0.127 e. The highest BCUT2D eigenvalue weighted by atomic mass is 16.5. The maximum atomic E-state index is 6.34. The Morgan fingerprint density at radius 2 is 1.71 bits per heavy atom. The molecule has 1 aromatic heterocycles. The lowest BCUT2D eigenvalue weighted by Crippen LogP contribution is -2.30. The Morgan fingerprint density at radius 3 is 2.45 bits per heavy atom. The van der Waals surface area contributed by atoms with E-state index >= 15 is 0 Å². The van der Waals surface area contributed by atoms with Gasteiger partial charge in [-0.05, 0) is 75.0 Å². The molecule has 1 aliphatic heterocycles. The number of rotatable bonds is 7. The Hall–Kier alpha value is -2.33. The van der Waals surface area contributed by atoms with Crippen molar-refractivity contribution < 1.29 is 4.74 Å². The number of aromatic nitrogens is 2. The highest BCUT2D eigenvalue weighted by Crippen LogP contribution is 2.29. The van der Waals surface area contributed by atoms with Crippen LogP contribution in [-0.2, 0) is 6.54 Å². The fourth-order valence-corrected chi connectivity index (χ4v) is 4.78. The molecule has 31 heavy (non-hydrogen) atoms. The molecule has 0 saturated carbocycles. The Bertz CT molecular complexity index is 999. The van der Waals surface area contributed by atoms with Crippen molar-refractivity contribution in [1.82, 2.24) is 14.5 Å². The summed E-state index contributed by atoms with van der Waals surface area (Å²) in [6.45, 7) is 12.7. The third kappa shape index (κ3) is 4.95. The molecule has 1 unspecified atom stereocenters. The van der Waals surface area contributed by atoms with Gasteiger partial charge in [-0.3, -0.25) is 4.90 Å². The molecule has 0 radical (unpaired) electrons. The summed E-state index contributed by atoms with van der Waals surface area (Å²) >= 11 is 0. The van der Waals surface area contributed by atoms with E-state index in [1.165, 1.54) is 61.2 Å². The summed E-state index contributed by atoms with van der Waals surface area (Å²) in [4.78, 5) is 7.68. The van der Waals surface area contributed by atoms with Crippen LogP contribution in [0, 0.1) is 6.92 Å². The number of imidazole rings is 1. The number of aryl methyl sites for hydroxylation is 1. The molecule has 0 amide bonds. The lowest BCUT2D eigenvalue weighted by molar-refractivity contribution is 0.204. The Morgan fingerprint density at radius 1 is 0.968 bits per heavy atom. The van der Waals surface area contributed by atoms with E-state index in [2.05, 4.69) is 79.6 Å². The number of fused-ring (bicyclic) bond motifs is 1. The quantitative estimate of drug-likeness (QED) is 0.439. The Kier molecular flexibility index (Phi) is 6.96. The van der Waals surface area contributed by atoms with Crippen LogP contribution in [0.3, 0.4) is 0 Å². The van der Waals surface area contributed by atoms with Crippen LogP contribution in [0.2, 0.25) is 0 Å². The Labute approximate surface area is 187 Å². The van der Waals surface area contributed by atoms with Gasteiger partial charge in [0.05, 0.1) is 23.6 Å². The number of benzene rings is 2. The molecule has 4 heteroatoms. The first kappa shape index (κ1) is 21.9. The first-order chi connectivity index (χ1) is 15.0. The standard InChI is InChI=1S/C27H37N3O/c1-20(2)23-14-13-21(3)19-26(23)31-18-17-30-25-12-8-7-11-24(25)28-27(30)22(4)29-15-9-5-6-10-16-29/h7-8,11-14,19-20,22H,5-6,9-10,15-18H2,1-4H3. The molecule has 2 heterocycles. The molecular formula is C27H37N3O. The van der Waals surface area contributed by atoms with Crippen LogP contribution in [0.25, 0.3) is 11.0 Å². The second-order valence-electron chi connectivity index (χ2n) is 9.28. The summed E-state index contributed by atoms with van der Waals surface area (Å²) in [5, 5.41) is 0. The van der Waals surface area contributed by atoms with Gasteiger partial charge in [-0.15, -0.1) is 0 Å². The van der Waals surface area contributed by atoms with Gasteiger partial charge in [0.25, 0.3) is 0 Å². The van der Waals surface area contributed by atoms with Gasteiger partial charge < -0.3 is 9.30 Å². The molecule has 1 atom stereocenters. The summed E-state index contributed by atoms with van der Waals surface area (Å²) in [5.41, 5.74) is 4.80. The monoisotopic (exact) mass is 419 g/mol. The first-order valence-corrected chi connectivity index (χ1v) is 12.0. The fourth-order valence-electron chi connectivity index (χ4n) is 4.78. The molecule has 0 N–H and O–H groups in total. The van der Waals surface area contributed by atoms with Gasteiger partial charge in [-0.2, -0.15) is 0 Å². The number of para-hydroxylation sites is 2. The van der Waals surface area contributed by atoms with Gasteiger partial charge >= 0.3 is 0 Å². The maximum absolute atomic E-state index is 6.34. The molecule has 4 nitrogen and oxygen atoms in total. The SMILES string of the molecule is Cc1ccc(C(C)C)c(OCCn2c(C(C)N3CCCCCC3)nc3ccccc32)c1. The lowest BCUT2D eigenvalue weighted by Gasteiger charge is -2.27. The van der Waals surface area contributed by atoms with Crippen LogP contribution in [0.15, 0.2) is 42.5 Å². The van der Waals surface area contributed by atoms with E-state index in [0.717, 1.165) is 17.8 Å². The molecule has 2 aromatic carbocycles. The largest absolute Gasteiger partial charge is 0.491 e. The number of ether oxygens (including phenoxy) is 1. The van der Waals surface area contributed by atoms with Gasteiger partial charge in [0, 0.05) is 0 Å². The molecule has 4 rings (SSSR count). The topological polar surface area (TPSA) is 30.3 Å². The van der Waals surface area contributed by atoms with Gasteiger partial charge in [0.1, 0.15) is 18.2 Å². The van der Waals surface area contributed by atoms with Gasteiger partial charge in [0.15, 0.2) is 0 Å². The van der Waals surface area contributed by atoms with Crippen molar-refractivity contribution in [3.63, 3.8) is 0 Å². The highest BCUT2D eigenvalue weighted by Gasteiger charge is 2.23. The molecule has 1 aliphatic rings. The fraction of sp³-hybridized carbons (Fsp3) is 0.519. The average molecular weight is 420 g/mol. The van der Waals surface area contributed by atoms with E-state index in [1.54, 1.807) is 0 Å². The van der Waals surface area contributed by atoms with Crippen LogP contribution >= 0.6 is 0 Å². The van der Waals surface area contributed by atoms with Crippen LogP contribution in [0.4, 0.5) is 0 Å². The second kappa shape index (κ2) is 9.86. The zero-order chi connectivity index (χ0) is 21.8. The van der Waals surface area contributed by atoms with Crippen molar-refractivity contribution in [3.8, 4) is 5.75 Å². The summed E-state index contributed by atoms with van der Waals surface area (Å²) in [7, 11) is 0. The summed E-state index contributed by atoms with van der Waals surface area (Å²) in [6.07, 6.45) is 5.28. The lowest BCUT2D eigenvalue weighted by atomic mass is 10.0. The van der Waals surface area contributed by atoms with Gasteiger partial charge in [0.2, 0.25) is 0 Å². The van der Waals surface area contributed by atoms with E-state index in [9.17, 15) is 0 Å². The van der Waals surface area contributed by atoms with E-state index < -0.39 is 0 Å². The van der Waals surface area contributed by atoms with Crippen molar-refractivity contribution in [1.29, 1.82) is 0 Å². The van der Waals surface area contributed by atoms with Crippen molar-refractivity contribution in [2.45, 2.75) is 71.9 Å². The van der Waals surface area contributed by atoms with Crippen LogP contribution in [0.5, 0.6) is 5.75 Å². The Balaban J connectivity index is 1.57. The summed E-state index contributed by atoms with van der Waals surface area (Å²) < 4.78 is 8.72. The predicted octanol–water partition coefficient (Wildman–Crippen LogP) is 6.48. The molecular weight excluding hydrogens is 382 g/mol. The van der Waals surface area contributed by atoms with Gasteiger partial charge in [-0.1, -0.05) is 51.0 Å². The van der Waals surface area contributed by atoms with E-state index in [1.807, 2.05) is 0 Å². The summed E-state index contributed by atoms with van der Waals surface area (Å²) in [6, 6.07) is 15.4. The number of likely N-dealkylation sites (tertiary alicyclic amines) is 1. The molecule has 1 saturated heterocycles. The van der Waals surface area contributed by atoms with Crippen molar-refractivity contribution in [2.24, 2.45) is 0 Å². The average Bonchev–Trinajstić information content (AvgIpc) is 2.92.